The molecule has 0 radical (unpaired) electrons. The summed E-state index contributed by atoms with van der Waals surface area (Å²) < 4.78 is 28.3. The van der Waals surface area contributed by atoms with Crippen molar-refractivity contribution in [1.82, 2.24) is 9.21 Å². The van der Waals surface area contributed by atoms with E-state index in [-0.39, 0.29) is 23.9 Å². The van der Waals surface area contributed by atoms with Gasteiger partial charge in [0, 0.05) is 41.3 Å². The average Bonchev–Trinajstić information content (AvgIpc) is 3.09. The highest BCUT2D eigenvalue weighted by Gasteiger charge is 2.31. The molecule has 0 spiro atoms. The van der Waals surface area contributed by atoms with Crippen molar-refractivity contribution < 1.29 is 13.2 Å². The fraction of sp³-hybridized carbons (Fsp3) is 0.318. The lowest BCUT2D eigenvalue weighted by Crippen LogP contribution is -2.50. The lowest BCUT2D eigenvalue weighted by atomic mass is 10.1. The first kappa shape index (κ1) is 22.6. The Bertz CT molecular complexity index is 1220. The molecule has 0 aliphatic carbocycles. The number of thiophene rings is 1. The molecule has 2 aromatic carbocycles. The molecule has 9 heteroatoms. The number of carbonyl (C=O) groups is 1. The zero-order valence-corrected chi connectivity index (χ0v) is 20.1. The number of fused-ring (bicyclic) bond motifs is 1. The summed E-state index contributed by atoms with van der Waals surface area (Å²) in [7, 11) is -3.58. The Hall–Kier alpha value is -1.64. The second-order valence-corrected chi connectivity index (χ2v) is 11.3. The van der Waals surface area contributed by atoms with Gasteiger partial charge in [-0.05, 0) is 36.2 Å². The normalized spacial score (nSPS) is 15.5. The third-order valence-corrected chi connectivity index (χ3v) is 9.20. The molecule has 1 aliphatic heterocycles. The number of sulfonamides is 1. The number of benzene rings is 2. The number of nitrogens with zero attached hydrogens (tertiary/aromatic N) is 2. The Balaban J connectivity index is 1.47. The summed E-state index contributed by atoms with van der Waals surface area (Å²) in [5.41, 5.74) is 1.12. The van der Waals surface area contributed by atoms with E-state index in [1.807, 2.05) is 18.2 Å². The van der Waals surface area contributed by atoms with Gasteiger partial charge in [-0.1, -0.05) is 54.7 Å². The van der Waals surface area contributed by atoms with Crippen LogP contribution >= 0.6 is 34.5 Å². The van der Waals surface area contributed by atoms with Gasteiger partial charge in [0.2, 0.25) is 10.0 Å². The molecule has 0 bridgehead atoms. The van der Waals surface area contributed by atoms with Crippen LogP contribution in [0.25, 0.3) is 10.1 Å². The van der Waals surface area contributed by atoms with Crippen molar-refractivity contribution in [2.24, 2.45) is 0 Å². The summed E-state index contributed by atoms with van der Waals surface area (Å²) in [5.74, 6) is -0.178. The van der Waals surface area contributed by atoms with Gasteiger partial charge in [0.25, 0.3) is 5.91 Å². The fourth-order valence-corrected chi connectivity index (χ4v) is 6.90. The number of hydrogen-bond donors (Lipinski definition) is 0. The molecular formula is C22H22Cl2N2O3S2. The molecule has 1 amide bonds. The number of rotatable bonds is 5. The minimum atomic E-state index is -3.58. The second kappa shape index (κ2) is 9.08. The van der Waals surface area contributed by atoms with Crippen molar-refractivity contribution in [2.75, 3.05) is 26.2 Å². The lowest BCUT2D eigenvalue weighted by molar-refractivity contribution is 0.0703. The molecule has 1 fully saturated rings. The minimum absolute atomic E-state index is 0.178. The average molecular weight is 497 g/mol. The van der Waals surface area contributed by atoms with E-state index in [0.717, 1.165) is 28.5 Å². The smallest absolute Gasteiger partial charge is 0.265 e. The maximum atomic E-state index is 13.1. The zero-order valence-electron chi connectivity index (χ0n) is 17.0. The SMILES string of the molecule is CCCc1ccc(S(=O)(=O)N2CCN(C(=O)c3sc4cc(Cl)ccc4c3Cl)CC2)cc1. The third-order valence-electron chi connectivity index (χ3n) is 5.41. The number of hydrogen-bond acceptors (Lipinski definition) is 4. The van der Waals surface area contributed by atoms with Crippen molar-refractivity contribution in [2.45, 2.75) is 24.7 Å². The number of piperazine rings is 1. The van der Waals surface area contributed by atoms with Crippen LogP contribution in [0.2, 0.25) is 10.0 Å². The number of halogens is 2. The molecule has 31 heavy (non-hydrogen) atoms. The summed E-state index contributed by atoms with van der Waals surface area (Å²) >= 11 is 13.8. The Labute approximate surface area is 196 Å². The monoisotopic (exact) mass is 496 g/mol. The van der Waals surface area contributed by atoms with Gasteiger partial charge in [-0.15, -0.1) is 11.3 Å². The topological polar surface area (TPSA) is 57.7 Å². The van der Waals surface area contributed by atoms with Crippen molar-refractivity contribution in [1.29, 1.82) is 0 Å². The zero-order chi connectivity index (χ0) is 22.2. The summed E-state index contributed by atoms with van der Waals surface area (Å²) in [4.78, 5) is 15.5. The number of carbonyl (C=O) groups excluding carboxylic acids is 1. The van der Waals surface area contributed by atoms with E-state index in [9.17, 15) is 13.2 Å². The van der Waals surface area contributed by atoms with E-state index >= 15 is 0 Å². The van der Waals surface area contributed by atoms with Gasteiger partial charge in [-0.25, -0.2) is 8.42 Å². The van der Waals surface area contributed by atoms with E-state index in [1.165, 1.54) is 15.6 Å². The highest BCUT2D eigenvalue weighted by Crippen LogP contribution is 2.37. The molecule has 0 unspecified atom stereocenters. The Kier molecular flexibility index (Phi) is 6.60. The highest BCUT2D eigenvalue weighted by molar-refractivity contribution is 7.89. The molecule has 5 nitrogen and oxygen atoms in total. The second-order valence-electron chi connectivity index (χ2n) is 7.48. The van der Waals surface area contributed by atoms with Gasteiger partial charge in [0.1, 0.15) is 4.88 Å². The van der Waals surface area contributed by atoms with Crippen molar-refractivity contribution in [3.05, 3.63) is 63.0 Å². The predicted octanol–water partition coefficient (Wildman–Crippen LogP) is 5.31. The van der Waals surface area contributed by atoms with Gasteiger partial charge in [-0.2, -0.15) is 4.31 Å². The molecule has 2 heterocycles. The molecule has 0 N–H and O–H groups in total. The fourth-order valence-electron chi connectivity index (χ4n) is 3.72. The molecule has 1 aliphatic rings. The third kappa shape index (κ3) is 4.47. The van der Waals surface area contributed by atoms with Crippen molar-refractivity contribution in [3.63, 3.8) is 0 Å². The predicted molar refractivity (Wildman–Crippen MR) is 127 cm³/mol. The van der Waals surface area contributed by atoms with E-state index in [4.69, 9.17) is 23.2 Å². The minimum Gasteiger partial charge on any atom is -0.335 e. The standard InChI is InChI=1S/C22H22Cl2N2O3S2/c1-2-3-15-4-7-17(8-5-15)31(28,29)26-12-10-25(11-13-26)22(27)21-20(24)18-9-6-16(23)14-19(18)30-21/h4-9,14H,2-3,10-13H2,1H3. The van der Waals surface area contributed by atoms with E-state index < -0.39 is 10.0 Å². The Morgan fingerprint density at radius 2 is 1.71 bits per heavy atom. The lowest BCUT2D eigenvalue weighted by Gasteiger charge is -2.33. The van der Waals surface area contributed by atoms with Gasteiger partial charge < -0.3 is 4.90 Å². The van der Waals surface area contributed by atoms with Crippen LogP contribution in [0, 0.1) is 0 Å². The molecule has 0 atom stereocenters. The molecule has 0 saturated carbocycles. The van der Waals surface area contributed by atoms with E-state index in [2.05, 4.69) is 6.92 Å². The maximum Gasteiger partial charge on any atom is 0.265 e. The van der Waals surface area contributed by atoms with Crippen LogP contribution < -0.4 is 0 Å². The summed E-state index contributed by atoms with van der Waals surface area (Å²) in [5, 5.41) is 1.81. The molecule has 3 aromatic rings. The van der Waals surface area contributed by atoms with E-state index in [1.54, 1.807) is 29.2 Å². The van der Waals surface area contributed by atoms with Crippen LogP contribution in [-0.2, 0) is 16.4 Å². The summed E-state index contributed by atoms with van der Waals surface area (Å²) in [6.45, 7) is 3.22. The van der Waals surface area contributed by atoms with Gasteiger partial charge in [0.05, 0.1) is 9.92 Å². The Morgan fingerprint density at radius 3 is 2.35 bits per heavy atom. The quantitative estimate of drug-likeness (QED) is 0.480. The summed E-state index contributed by atoms with van der Waals surface area (Å²) in [6.07, 6.45) is 1.94. The van der Waals surface area contributed by atoms with Crippen LogP contribution in [0.5, 0.6) is 0 Å². The molecule has 4 rings (SSSR count). The van der Waals surface area contributed by atoms with Crippen molar-refractivity contribution >= 4 is 60.6 Å². The van der Waals surface area contributed by atoms with Gasteiger partial charge >= 0.3 is 0 Å². The highest BCUT2D eigenvalue weighted by atomic mass is 35.5. The first-order valence-electron chi connectivity index (χ1n) is 10.1. The van der Waals surface area contributed by atoms with Gasteiger partial charge in [-0.3, -0.25) is 4.79 Å². The molecule has 1 saturated heterocycles. The van der Waals surface area contributed by atoms with Crippen LogP contribution in [0.15, 0.2) is 47.4 Å². The van der Waals surface area contributed by atoms with E-state index in [0.29, 0.717) is 28.0 Å². The first-order chi connectivity index (χ1) is 14.8. The number of amides is 1. The summed E-state index contributed by atoms with van der Waals surface area (Å²) in [6, 6.07) is 12.4. The van der Waals surface area contributed by atoms with Crippen LogP contribution in [-0.4, -0.2) is 49.7 Å². The largest absolute Gasteiger partial charge is 0.335 e. The number of aryl methyl sites for hydroxylation is 1. The maximum absolute atomic E-state index is 13.1. The molecular weight excluding hydrogens is 475 g/mol. The Morgan fingerprint density at radius 1 is 1.03 bits per heavy atom. The van der Waals surface area contributed by atoms with Crippen LogP contribution in [0.3, 0.4) is 0 Å². The van der Waals surface area contributed by atoms with Gasteiger partial charge in [0.15, 0.2) is 0 Å². The van der Waals surface area contributed by atoms with Crippen LogP contribution in [0.4, 0.5) is 0 Å². The first-order valence-corrected chi connectivity index (χ1v) is 13.1. The van der Waals surface area contributed by atoms with Crippen molar-refractivity contribution in [3.8, 4) is 0 Å². The van der Waals surface area contributed by atoms with Crippen LogP contribution in [0.1, 0.15) is 28.6 Å². The molecule has 164 valence electrons. The molecule has 1 aromatic heterocycles.